The van der Waals surface area contributed by atoms with Gasteiger partial charge < -0.3 is 10.6 Å². The minimum absolute atomic E-state index is 0.641. The summed E-state index contributed by atoms with van der Waals surface area (Å²) in [5.74, 6) is 0.802. The number of rotatable bonds is 5. The average molecular weight is 318 g/mol. The van der Waals surface area contributed by atoms with Crippen molar-refractivity contribution in [2.75, 3.05) is 6.54 Å². The van der Waals surface area contributed by atoms with Crippen molar-refractivity contribution in [1.29, 1.82) is 0 Å². The first kappa shape index (κ1) is 16.0. The zero-order chi connectivity index (χ0) is 16.6. The summed E-state index contributed by atoms with van der Waals surface area (Å²) in [5, 5.41) is 9.03. The van der Waals surface area contributed by atoms with Gasteiger partial charge in [-0.05, 0) is 23.9 Å². The van der Waals surface area contributed by atoms with E-state index in [9.17, 15) is 0 Å². The van der Waals surface area contributed by atoms with Crippen LogP contribution >= 0.6 is 0 Å². The molecule has 0 saturated heterocycles. The van der Waals surface area contributed by atoms with Crippen LogP contribution in [0.2, 0.25) is 0 Å². The third kappa shape index (κ3) is 4.10. The fourth-order valence-electron chi connectivity index (χ4n) is 2.59. The molecule has 1 aromatic heterocycles. The van der Waals surface area contributed by atoms with Gasteiger partial charge in [-0.1, -0.05) is 54.6 Å². The van der Waals surface area contributed by atoms with Crippen molar-refractivity contribution in [3.63, 3.8) is 0 Å². The molecule has 0 aliphatic heterocycles. The molecule has 4 nitrogen and oxygen atoms in total. The molecule has 0 saturated carbocycles. The standard InChI is InChI=1S/C20H22N4/c1-2-21-20(23-14-16-8-4-3-5-9-16)24-15-19-18-11-7-6-10-17(18)12-13-22-19/h3-13H,2,14-15H2,1H3,(H2,21,23,24). The number of nitrogens with zero attached hydrogens (tertiary/aromatic N) is 2. The molecule has 2 N–H and O–H groups in total. The number of guanidine groups is 1. The Balaban J connectivity index is 1.71. The van der Waals surface area contributed by atoms with Crippen molar-refractivity contribution in [3.8, 4) is 0 Å². The van der Waals surface area contributed by atoms with Gasteiger partial charge >= 0.3 is 0 Å². The van der Waals surface area contributed by atoms with Crippen molar-refractivity contribution >= 4 is 16.7 Å². The molecular weight excluding hydrogens is 296 g/mol. The van der Waals surface area contributed by atoms with E-state index < -0.39 is 0 Å². The topological polar surface area (TPSA) is 49.3 Å². The lowest BCUT2D eigenvalue weighted by Gasteiger charge is -2.12. The predicted octanol–water partition coefficient (Wildman–Crippen LogP) is 3.49. The summed E-state index contributed by atoms with van der Waals surface area (Å²) in [6.45, 7) is 4.18. The molecule has 1 heterocycles. The third-order valence-electron chi connectivity index (χ3n) is 3.79. The normalized spacial score (nSPS) is 11.5. The van der Waals surface area contributed by atoms with Gasteiger partial charge in [0.05, 0.1) is 18.8 Å². The van der Waals surface area contributed by atoms with Gasteiger partial charge in [0.15, 0.2) is 5.96 Å². The Hall–Kier alpha value is -2.88. The van der Waals surface area contributed by atoms with Gasteiger partial charge in [0.1, 0.15) is 0 Å². The predicted molar refractivity (Wildman–Crippen MR) is 99.8 cm³/mol. The fraction of sp³-hybridized carbons (Fsp3) is 0.200. The SMILES string of the molecule is CCNC(=NCc1ccccc1)NCc1nccc2ccccc12. The van der Waals surface area contributed by atoms with Crippen molar-refractivity contribution in [2.24, 2.45) is 4.99 Å². The molecule has 4 heteroatoms. The zero-order valence-electron chi connectivity index (χ0n) is 13.9. The summed E-state index contributed by atoms with van der Waals surface area (Å²) in [4.78, 5) is 9.16. The highest BCUT2D eigenvalue weighted by atomic mass is 15.2. The molecule has 3 aromatic rings. The average Bonchev–Trinajstić information content (AvgIpc) is 2.65. The summed E-state index contributed by atoms with van der Waals surface area (Å²) in [7, 11) is 0. The first-order valence-electron chi connectivity index (χ1n) is 8.25. The Bertz CT molecular complexity index is 807. The lowest BCUT2D eigenvalue weighted by molar-refractivity contribution is 0.804. The Morgan fingerprint density at radius 3 is 2.58 bits per heavy atom. The highest BCUT2D eigenvalue weighted by molar-refractivity contribution is 5.85. The van der Waals surface area contributed by atoms with Gasteiger partial charge in [-0.15, -0.1) is 0 Å². The van der Waals surface area contributed by atoms with Gasteiger partial charge in [0.25, 0.3) is 0 Å². The lowest BCUT2D eigenvalue weighted by atomic mass is 10.1. The zero-order valence-corrected chi connectivity index (χ0v) is 13.9. The van der Waals surface area contributed by atoms with E-state index in [1.54, 1.807) is 0 Å². The summed E-state index contributed by atoms with van der Waals surface area (Å²) < 4.78 is 0. The molecular formula is C20H22N4. The van der Waals surface area contributed by atoms with Crippen LogP contribution in [0, 0.1) is 0 Å². The van der Waals surface area contributed by atoms with E-state index >= 15 is 0 Å². The van der Waals surface area contributed by atoms with Gasteiger partial charge in [0.2, 0.25) is 0 Å². The van der Waals surface area contributed by atoms with E-state index in [1.165, 1.54) is 16.3 Å². The molecule has 0 spiro atoms. The van der Waals surface area contributed by atoms with Gasteiger partial charge in [-0.25, -0.2) is 4.99 Å². The molecule has 122 valence electrons. The number of hydrogen-bond acceptors (Lipinski definition) is 2. The van der Waals surface area contributed by atoms with Crippen LogP contribution in [0.4, 0.5) is 0 Å². The number of hydrogen-bond donors (Lipinski definition) is 2. The monoisotopic (exact) mass is 318 g/mol. The van der Waals surface area contributed by atoms with Crippen LogP contribution in [0.3, 0.4) is 0 Å². The van der Waals surface area contributed by atoms with Crippen LogP contribution in [0.5, 0.6) is 0 Å². The van der Waals surface area contributed by atoms with E-state index in [4.69, 9.17) is 0 Å². The molecule has 0 aliphatic carbocycles. The number of aromatic nitrogens is 1. The van der Waals surface area contributed by atoms with E-state index in [1.807, 2.05) is 42.6 Å². The maximum absolute atomic E-state index is 4.65. The molecule has 2 aromatic carbocycles. The minimum atomic E-state index is 0.641. The van der Waals surface area contributed by atoms with Crippen molar-refractivity contribution in [3.05, 3.63) is 78.1 Å². The van der Waals surface area contributed by atoms with E-state index in [0.29, 0.717) is 13.1 Å². The van der Waals surface area contributed by atoms with Crippen molar-refractivity contribution in [1.82, 2.24) is 15.6 Å². The summed E-state index contributed by atoms with van der Waals surface area (Å²) in [6, 6.07) is 20.6. The second kappa shape index (κ2) is 8.11. The van der Waals surface area contributed by atoms with E-state index in [-0.39, 0.29) is 0 Å². The van der Waals surface area contributed by atoms with Crippen molar-refractivity contribution < 1.29 is 0 Å². The van der Waals surface area contributed by atoms with Crippen LogP contribution in [-0.4, -0.2) is 17.5 Å². The Kier molecular flexibility index (Phi) is 5.40. The van der Waals surface area contributed by atoms with E-state index in [0.717, 1.165) is 18.2 Å². The van der Waals surface area contributed by atoms with Crippen LogP contribution in [0.1, 0.15) is 18.2 Å². The first-order valence-corrected chi connectivity index (χ1v) is 8.25. The third-order valence-corrected chi connectivity index (χ3v) is 3.79. The Morgan fingerprint density at radius 2 is 1.75 bits per heavy atom. The fourth-order valence-corrected chi connectivity index (χ4v) is 2.59. The van der Waals surface area contributed by atoms with Crippen molar-refractivity contribution in [2.45, 2.75) is 20.0 Å². The van der Waals surface area contributed by atoms with Gasteiger partial charge in [-0.3, -0.25) is 4.98 Å². The maximum atomic E-state index is 4.65. The maximum Gasteiger partial charge on any atom is 0.191 e. The second-order valence-corrected chi connectivity index (χ2v) is 5.51. The minimum Gasteiger partial charge on any atom is -0.357 e. The first-order chi connectivity index (χ1) is 11.9. The van der Waals surface area contributed by atoms with Crippen LogP contribution in [0.15, 0.2) is 71.9 Å². The lowest BCUT2D eigenvalue weighted by Crippen LogP contribution is -2.37. The molecule has 0 aliphatic rings. The van der Waals surface area contributed by atoms with Crippen LogP contribution in [-0.2, 0) is 13.1 Å². The number of benzene rings is 2. The highest BCUT2D eigenvalue weighted by Crippen LogP contribution is 2.15. The number of fused-ring (bicyclic) bond motifs is 1. The molecule has 0 bridgehead atoms. The molecule has 24 heavy (non-hydrogen) atoms. The van der Waals surface area contributed by atoms with Gasteiger partial charge in [0, 0.05) is 18.1 Å². The molecule has 0 unspecified atom stereocenters. The quantitative estimate of drug-likeness (QED) is 0.559. The van der Waals surface area contributed by atoms with Crippen LogP contribution < -0.4 is 10.6 Å². The Labute approximate surface area is 142 Å². The number of aliphatic imine (C=N–C) groups is 1. The Morgan fingerprint density at radius 1 is 0.958 bits per heavy atom. The number of nitrogens with one attached hydrogen (secondary N) is 2. The summed E-state index contributed by atoms with van der Waals surface area (Å²) in [6.07, 6.45) is 1.85. The van der Waals surface area contributed by atoms with Gasteiger partial charge in [-0.2, -0.15) is 0 Å². The van der Waals surface area contributed by atoms with E-state index in [2.05, 4.69) is 51.8 Å². The molecule has 3 rings (SSSR count). The van der Waals surface area contributed by atoms with Crippen LogP contribution in [0.25, 0.3) is 10.8 Å². The molecule has 0 amide bonds. The molecule has 0 atom stereocenters. The molecule has 0 radical (unpaired) electrons. The summed E-state index contributed by atoms with van der Waals surface area (Å²) in [5.41, 5.74) is 2.22. The summed E-state index contributed by atoms with van der Waals surface area (Å²) >= 11 is 0. The largest absolute Gasteiger partial charge is 0.357 e. The second-order valence-electron chi connectivity index (χ2n) is 5.51. The highest BCUT2D eigenvalue weighted by Gasteiger charge is 2.03. The number of pyridine rings is 1. The smallest absolute Gasteiger partial charge is 0.191 e. The molecule has 0 fully saturated rings.